The van der Waals surface area contributed by atoms with Crippen LogP contribution in [0.15, 0.2) is 29.2 Å². The van der Waals surface area contributed by atoms with Crippen molar-refractivity contribution in [2.45, 2.75) is 67.6 Å². The second kappa shape index (κ2) is 9.55. The molecular weight excluding hydrogens is 328 g/mol. The number of halogens is 1. The Morgan fingerprint density at radius 1 is 1.17 bits per heavy atom. The summed E-state index contributed by atoms with van der Waals surface area (Å²) < 4.78 is 0. The van der Waals surface area contributed by atoms with Gasteiger partial charge < -0.3 is 10.6 Å². The van der Waals surface area contributed by atoms with E-state index in [1.54, 1.807) is 0 Å². The molecule has 2 fully saturated rings. The van der Waals surface area contributed by atoms with E-state index in [1.165, 1.54) is 43.4 Å². The van der Waals surface area contributed by atoms with Crippen LogP contribution in [0, 0.1) is 0 Å². The largest absolute Gasteiger partial charge is 0.325 e. The van der Waals surface area contributed by atoms with Crippen LogP contribution in [0.4, 0.5) is 5.69 Å². The molecule has 3 rings (SSSR count). The normalized spacial score (nSPS) is 21.1. The fraction of sp³-hybridized carbons (Fsp3) is 0.611. The zero-order valence-electron chi connectivity index (χ0n) is 13.6. The Morgan fingerprint density at radius 2 is 1.96 bits per heavy atom. The maximum Gasteiger partial charge on any atom is 0.224 e. The first-order valence-corrected chi connectivity index (χ1v) is 9.48. The fourth-order valence-corrected chi connectivity index (χ4v) is 4.71. The molecule has 2 N–H and O–H groups in total. The van der Waals surface area contributed by atoms with Crippen molar-refractivity contribution in [3.05, 3.63) is 24.3 Å². The highest BCUT2D eigenvalue weighted by Crippen LogP contribution is 2.38. The molecule has 1 aliphatic carbocycles. The lowest BCUT2D eigenvalue weighted by atomic mass is 10.1. The van der Waals surface area contributed by atoms with Crippen molar-refractivity contribution >= 4 is 35.8 Å². The summed E-state index contributed by atoms with van der Waals surface area (Å²) in [6, 6.07) is 8.77. The van der Waals surface area contributed by atoms with Crippen LogP contribution >= 0.6 is 24.2 Å². The minimum Gasteiger partial charge on any atom is -0.325 e. The van der Waals surface area contributed by atoms with E-state index in [9.17, 15) is 4.79 Å². The number of anilines is 1. The summed E-state index contributed by atoms with van der Waals surface area (Å²) in [5.74, 6) is 0.146. The van der Waals surface area contributed by atoms with Crippen molar-refractivity contribution < 1.29 is 4.79 Å². The number of para-hydroxylation sites is 1. The molecule has 0 aromatic heterocycles. The van der Waals surface area contributed by atoms with Gasteiger partial charge in [-0.05, 0) is 50.8 Å². The molecule has 0 spiro atoms. The topological polar surface area (TPSA) is 41.1 Å². The van der Waals surface area contributed by atoms with Crippen LogP contribution in [-0.2, 0) is 4.79 Å². The van der Waals surface area contributed by atoms with Crippen LogP contribution < -0.4 is 10.6 Å². The average Bonchev–Trinajstić information content (AvgIpc) is 3.20. The predicted molar refractivity (Wildman–Crippen MR) is 101 cm³/mol. The Bertz CT molecular complexity index is 500. The second-order valence-corrected chi connectivity index (χ2v) is 7.74. The van der Waals surface area contributed by atoms with Gasteiger partial charge in [-0.3, -0.25) is 4.79 Å². The third kappa shape index (κ3) is 5.70. The molecule has 1 saturated heterocycles. The summed E-state index contributed by atoms with van der Waals surface area (Å²) in [7, 11) is 0. The Hall–Kier alpha value is -0.710. The van der Waals surface area contributed by atoms with E-state index in [0.29, 0.717) is 12.5 Å². The minimum atomic E-state index is 0. The molecule has 1 heterocycles. The molecule has 5 heteroatoms. The molecule has 23 heavy (non-hydrogen) atoms. The fourth-order valence-electron chi connectivity index (χ4n) is 3.38. The zero-order chi connectivity index (χ0) is 15.2. The summed E-state index contributed by atoms with van der Waals surface area (Å²) in [5.41, 5.74) is 0.990. The quantitative estimate of drug-likeness (QED) is 0.783. The highest BCUT2D eigenvalue weighted by atomic mass is 35.5. The molecule has 1 unspecified atom stereocenters. The van der Waals surface area contributed by atoms with Crippen molar-refractivity contribution in [1.29, 1.82) is 0 Å². The van der Waals surface area contributed by atoms with Crippen molar-refractivity contribution in [2.24, 2.45) is 0 Å². The number of nitrogens with one attached hydrogen (secondary N) is 2. The molecule has 1 aromatic carbocycles. The smallest absolute Gasteiger partial charge is 0.224 e. The standard InChI is InChI=1S/C18H26N2OS.ClH/c21-18(12-11-14-6-5-13-19-14)20-16-9-3-4-10-17(16)22-15-7-1-2-8-15;/h3-4,9-10,14-15,19H,1-2,5-8,11-13H2,(H,20,21);1H. The SMILES string of the molecule is Cl.O=C(CCC1CCCN1)Nc1ccccc1SC1CCCC1. The lowest BCUT2D eigenvalue weighted by Gasteiger charge is -2.15. The first-order valence-electron chi connectivity index (χ1n) is 8.60. The van der Waals surface area contributed by atoms with E-state index in [-0.39, 0.29) is 18.3 Å². The van der Waals surface area contributed by atoms with Gasteiger partial charge in [-0.2, -0.15) is 0 Å². The van der Waals surface area contributed by atoms with Gasteiger partial charge in [0.2, 0.25) is 5.91 Å². The lowest BCUT2D eigenvalue weighted by Crippen LogP contribution is -2.23. The molecule has 1 aliphatic heterocycles. The number of carbonyl (C=O) groups is 1. The van der Waals surface area contributed by atoms with E-state index in [2.05, 4.69) is 22.8 Å². The first-order chi connectivity index (χ1) is 10.8. The average molecular weight is 355 g/mol. The summed E-state index contributed by atoms with van der Waals surface area (Å²) in [4.78, 5) is 13.4. The molecule has 0 bridgehead atoms. The number of hydrogen-bond donors (Lipinski definition) is 2. The van der Waals surface area contributed by atoms with Crippen LogP contribution in [0.1, 0.15) is 51.4 Å². The summed E-state index contributed by atoms with van der Waals surface area (Å²) >= 11 is 1.94. The summed E-state index contributed by atoms with van der Waals surface area (Å²) in [6.45, 7) is 1.10. The Morgan fingerprint density at radius 3 is 2.70 bits per heavy atom. The van der Waals surface area contributed by atoms with Gasteiger partial charge in [0.15, 0.2) is 0 Å². The van der Waals surface area contributed by atoms with Gasteiger partial charge in [0.05, 0.1) is 5.69 Å². The van der Waals surface area contributed by atoms with Gasteiger partial charge >= 0.3 is 0 Å². The Kier molecular flexibility index (Phi) is 7.74. The van der Waals surface area contributed by atoms with Crippen molar-refractivity contribution in [3.63, 3.8) is 0 Å². The molecule has 128 valence electrons. The van der Waals surface area contributed by atoms with Gasteiger partial charge in [0.25, 0.3) is 0 Å². The molecule has 0 radical (unpaired) electrons. The number of benzene rings is 1. The zero-order valence-corrected chi connectivity index (χ0v) is 15.2. The summed E-state index contributed by atoms with van der Waals surface area (Å²) in [6.07, 6.45) is 9.32. The van der Waals surface area contributed by atoms with Crippen molar-refractivity contribution in [2.75, 3.05) is 11.9 Å². The number of rotatable bonds is 6. The van der Waals surface area contributed by atoms with Gasteiger partial charge in [-0.15, -0.1) is 24.2 Å². The summed E-state index contributed by atoms with van der Waals surface area (Å²) in [5, 5.41) is 7.30. The van der Waals surface area contributed by atoms with E-state index in [1.807, 2.05) is 23.9 Å². The molecule has 1 amide bonds. The van der Waals surface area contributed by atoms with Crippen LogP contribution in [0.25, 0.3) is 0 Å². The number of carbonyl (C=O) groups excluding carboxylic acids is 1. The number of hydrogen-bond acceptors (Lipinski definition) is 3. The molecular formula is C18H27ClN2OS. The number of amides is 1. The molecule has 1 atom stereocenters. The van der Waals surface area contributed by atoms with Gasteiger partial charge in [-0.25, -0.2) is 0 Å². The third-order valence-corrected chi connectivity index (χ3v) is 6.05. The van der Waals surface area contributed by atoms with Crippen molar-refractivity contribution in [1.82, 2.24) is 5.32 Å². The third-order valence-electron chi connectivity index (χ3n) is 4.64. The van der Waals surface area contributed by atoms with Crippen molar-refractivity contribution in [3.8, 4) is 0 Å². The van der Waals surface area contributed by atoms with Crippen LogP contribution in [-0.4, -0.2) is 23.7 Å². The van der Waals surface area contributed by atoms with Gasteiger partial charge in [0, 0.05) is 22.6 Å². The minimum absolute atomic E-state index is 0. The van der Waals surface area contributed by atoms with E-state index < -0.39 is 0 Å². The maximum atomic E-state index is 12.2. The van der Waals surface area contributed by atoms with E-state index in [0.717, 1.165) is 23.9 Å². The lowest BCUT2D eigenvalue weighted by molar-refractivity contribution is -0.116. The molecule has 1 aromatic rings. The van der Waals surface area contributed by atoms with Gasteiger partial charge in [0.1, 0.15) is 0 Å². The number of thioether (sulfide) groups is 1. The van der Waals surface area contributed by atoms with E-state index in [4.69, 9.17) is 0 Å². The maximum absolute atomic E-state index is 12.2. The molecule has 1 saturated carbocycles. The van der Waals surface area contributed by atoms with Crippen LogP contribution in [0.3, 0.4) is 0 Å². The van der Waals surface area contributed by atoms with Gasteiger partial charge in [-0.1, -0.05) is 25.0 Å². The van der Waals surface area contributed by atoms with E-state index >= 15 is 0 Å². The monoisotopic (exact) mass is 354 g/mol. The Labute approximate surface area is 149 Å². The second-order valence-electron chi connectivity index (χ2n) is 6.40. The molecule has 3 nitrogen and oxygen atoms in total. The highest BCUT2D eigenvalue weighted by molar-refractivity contribution is 8.00. The first kappa shape index (κ1) is 18.6. The Balaban J connectivity index is 0.00000192. The van der Waals surface area contributed by atoms with Crippen LogP contribution in [0.5, 0.6) is 0 Å². The molecule has 2 aliphatic rings. The van der Waals surface area contributed by atoms with Crippen LogP contribution in [0.2, 0.25) is 0 Å². The highest BCUT2D eigenvalue weighted by Gasteiger charge is 2.19. The predicted octanol–water partition coefficient (Wildman–Crippen LogP) is 4.61.